The Hall–Kier alpha value is -1.58. The highest BCUT2D eigenvalue weighted by Gasteiger charge is 2.61. The first-order valence-electron chi connectivity index (χ1n) is 9.14. The Kier molecular flexibility index (Phi) is 3.91. The molecule has 1 aromatic rings. The van der Waals surface area contributed by atoms with Gasteiger partial charge in [-0.3, -0.25) is 0 Å². The molecule has 140 valence electrons. The van der Waals surface area contributed by atoms with Gasteiger partial charge in [-0.1, -0.05) is 22.8 Å². The van der Waals surface area contributed by atoms with Gasteiger partial charge < -0.3 is 9.29 Å². The van der Waals surface area contributed by atoms with Crippen molar-refractivity contribution in [2.75, 3.05) is 0 Å². The molecular weight excluding hydrogens is 355 g/mol. The first kappa shape index (κ1) is 17.8. The Morgan fingerprint density at radius 3 is 2.77 bits per heavy atom. The van der Waals surface area contributed by atoms with Gasteiger partial charge in [0.1, 0.15) is 11.4 Å². The van der Waals surface area contributed by atoms with Crippen LogP contribution in [0.1, 0.15) is 56.1 Å². The molecule has 0 aromatic heterocycles. The van der Waals surface area contributed by atoms with E-state index in [9.17, 15) is 17.4 Å². The Labute approximate surface area is 154 Å². The molecule has 6 heteroatoms. The topological polar surface area (TPSA) is 63.6 Å². The largest absolute Gasteiger partial charge is 0.488 e. The summed E-state index contributed by atoms with van der Waals surface area (Å²) in [6.07, 6.45) is 10.8. The average molecular weight is 378 g/mol. The summed E-state index contributed by atoms with van der Waals surface area (Å²) < 4.78 is 38.6. The summed E-state index contributed by atoms with van der Waals surface area (Å²) >= 11 is 0. The van der Waals surface area contributed by atoms with Gasteiger partial charge in [-0.2, -0.15) is 8.42 Å². The van der Waals surface area contributed by atoms with E-state index in [0.29, 0.717) is 24.2 Å². The van der Waals surface area contributed by atoms with Gasteiger partial charge in [0.25, 0.3) is 0 Å². The third kappa shape index (κ3) is 2.56. The fraction of sp³-hybridized carbons (Fsp3) is 0.600. The molecule has 2 fully saturated rings. The number of aryl methyl sites for hydroxylation is 1. The van der Waals surface area contributed by atoms with Gasteiger partial charge in [-0.05, 0) is 79.5 Å². The van der Waals surface area contributed by atoms with Crippen LogP contribution in [0.2, 0.25) is 0 Å². The highest BCUT2D eigenvalue weighted by atomic mass is 32.3. The van der Waals surface area contributed by atoms with Crippen molar-refractivity contribution in [3.63, 3.8) is 0 Å². The number of aliphatic hydroxyl groups is 1. The Bertz CT molecular complexity index is 890. The fourth-order valence-corrected chi connectivity index (χ4v) is 6.31. The van der Waals surface area contributed by atoms with E-state index in [4.69, 9.17) is 6.42 Å². The summed E-state index contributed by atoms with van der Waals surface area (Å²) in [5.74, 6) is 3.91. The second kappa shape index (κ2) is 5.71. The van der Waals surface area contributed by atoms with E-state index in [1.54, 1.807) is 6.07 Å². The van der Waals surface area contributed by atoms with Crippen molar-refractivity contribution in [2.24, 2.45) is 17.3 Å². The number of hydrogen-bond donors (Lipinski definition) is 1. The van der Waals surface area contributed by atoms with Crippen LogP contribution in [0.25, 0.3) is 0 Å². The van der Waals surface area contributed by atoms with Crippen molar-refractivity contribution in [3.05, 3.63) is 29.3 Å². The van der Waals surface area contributed by atoms with Crippen LogP contribution in [-0.4, -0.2) is 19.1 Å². The third-order valence-electron chi connectivity index (χ3n) is 7.28. The molecule has 0 radical (unpaired) electrons. The second-order valence-electron chi connectivity index (χ2n) is 8.25. The Morgan fingerprint density at radius 1 is 1.31 bits per heavy atom. The van der Waals surface area contributed by atoms with E-state index in [1.807, 2.05) is 6.07 Å². The standard InChI is InChI=1S/C20H23FO4S/c1-3-20(22)11-9-18-17-6-4-13-12-14(25-26(21,23)24)5-7-15(13)16(17)8-10-19(18,20)2/h1,5,7,12,16-18,22H,4,6,8-11H2,2H3/t16?,17?,18?,19-,20?/m0/s1. The lowest BCUT2D eigenvalue weighted by molar-refractivity contribution is -0.0646. The average Bonchev–Trinajstić information content (AvgIpc) is 2.85. The first-order valence-corrected chi connectivity index (χ1v) is 10.4. The molecular formula is C20H23FO4S. The number of rotatable bonds is 2. The zero-order valence-electron chi connectivity index (χ0n) is 14.7. The fourth-order valence-electron chi connectivity index (χ4n) is 5.98. The molecule has 3 aliphatic carbocycles. The lowest BCUT2D eigenvalue weighted by Gasteiger charge is -2.52. The van der Waals surface area contributed by atoms with E-state index in [0.717, 1.165) is 37.7 Å². The van der Waals surface area contributed by atoms with Crippen LogP contribution in [0.4, 0.5) is 3.89 Å². The van der Waals surface area contributed by atoms with Crippen LogP contribution in [0, 0.1) is 29.6 Å². The third-order valence-corrected chi connectivity index (χ3v) is 7.68. The molecule has 2 saturated carbocycles. The normalized spacial score (nSPS) is 38.6. The predicted molar refractivity (Wildman–Crippen MR) is 95.5 cm³/mol. The summed E-state index contributed by atoms with van der Waals surface area (Å²) in [6.45, 7) is 2.14. The molecule has 3 aliphatic rings. The molecule has 4 rings (SSSR count). The van der Waals surface area contributed by atoms with Crippen LogP contribution in [0.3, 0.4) is 0 Å². The van der Waals surface area contributed by atoms with Crippen molar-refractivity contribution < 1.29 is 21.6 Å². The molecule has 5 atom stereocenters. The maximum Gasteiger partial charge on any atom is 0.488 e. The van der Waals surface area contributed by atoms with E-state index < -0.39 is 16.1 Å². The molecule has 4 nitrogen and oxygen atoms in total. The van der Waals surface area contributed by atoms with Gasteiger partial charge in [0, 0.05) is 5.41 Å². The van der Waals surface area contributed by atoms with Gasteiger partial charge in [-0.15, -0.1) is 6.42 Å². The zero-order valence-corrected chi connectivity index (χ0v) is 15.6. The number of fused-ring (bicyclic) bond motifs is 5. The summed E-state index contributed by atoms with van der Waals surface area (Å²) in [5.41, 5.74) is 0.964. The first-order chi connectivity index (χ1) is 12.2. The summed E-state index contributed by atoms with van der Waals surface area (Å²) in [5, 5.41) is 10.9. The van der Waals surface area contributed by atoms with Gasteiger partial charge in [-0.25, -0.2) is 0 Å². The smallest absolute Gasteiger partial charge is 0.377 e. The molecule has 0 bridgehead atoms. The SMILES string of the molecule is C#CC1(O)CCC2C3CCc4cc(OS(=O)(=O)F)ccc4C3CC[C@@]21C. The summed E-state index contributed by atoms with van der Waals surface area (Å²) in [4.78, 5) is 0. The highest BCUT2D eigenvalue weighted by Crippen LogP contribution is 2.64. The minimum absolute atomic E-state index is 0.0212. The van der Waals surface area contributed by atoms with Crippen molar-refractivity contribution >= 4 is 10.5 Å². The number of terminal acetylenes is 1. The molecule has 26 heavy (non-hydrogen) atoms. The van der Waals surface area contributed by atoms with Crippen LogP contribution in [-0.2, 0) is 16.9 Å². The lowest BCUT2D eigenvalue weighted by atomic mass is 9.53. The second-order valence-corrected chi connectivity index (χ2v) is 9.20. The molecule has 4 unspecified atom stereocenters. The molecule has 0 spiro atoms. The van der Waals surface area contributed by atoms with Gasteiger partial charge in [0.05, 0.1) is 0 Å². The van der Waals surface area contributed by atoms with Crippen molar-refractivity contribution in [1.82, 2.24) is 0 Å². The minimum atomic E-state index is -5.01. The van der Waals surface area contributed by atoms with E-state index in [1.165, 1.54) is 11.6 Å². The lowest BCUT2D eigenvalue weighted by Crippen LogP contribution is -2.50. The van der Waals surface area contributed by atoms with Crippen LogP contribution in [0.15, 0.2) is 18.2 Å². The molecule has 1 N–H and O–H groups in total. The van der Waals surface area contributed by atoms with Crippen molar-refractivity contribution in [3.8, 4) is 18.1 Å². The van der Waals surface area contributed by atoms with E-state index in [-0.39, 0.29) is 11.2 Å². The van der Waals surface area contributed by atoms with E-state index in [2.05, 4.69) is 17.0 Å². The van der Waals surface area contributed by atoms with Gasteiger partial charge in [0.2, 0.25) is 0 Å². The van der Waals surface area contributed by atoms with Crippen molar-refractivity contribution in [2.45, 2.75) is 57.0 Å². The van der Waals surface area contributed by atoms with E-state index >= 15 is 0 Å². The molecule has 0 amide bonds. The summed E-state index contributed by atoms with van der Waals surface area (Å²) in [6, 6.07) is 5.04. The van der Waals surface area contributed by atoms with Crippen LogP contribution in [0.5, 0.6) is 5.75 Å². The number of hydrogen-bond acceptors (Lipinski definition) is 4. The Morgan fingerprint density at radius 2 is 2.08 bits per heavy atom. The maximum absolute atomic E-state index is 12.8. The minimum Gasteiger partial charge on any atom is -0.377 e. The highest BCUT2D eigenvalue weighted by molar-refractivity contribution is 7.81. The number of benzene rings is 1. The van der Waals surface area contributed by atoms with Crippen LogP contribution >= 0.6 is 0 Å². The number of halogens is 1. The van der Waals surface area contributed by atoms with Gasteiger partial charge in [0.15, 0.2) is 0 Å². The summed E-state index contributed by atoms with van der Waals surface area (Å²) in [7, 11) is -5.01. The maximum atomic E-state index is 12.8. The van der Waals surface area contributed by atoms with Crippen molar-refractivity contribution in [1.29, 1.82) is 0 Å². The molecule has 1 aromatic carbocycles. The van der Waals surface area contributed by atoms with Crippen LogP contribution < -0.4 is 4.18 Å². The predicted octanol–water partition coefficient (Wildman–Crippen LogP) is 3.50. The quantitative estimate of drug-likeness (QED) is 0.632. The monoisotopic (exact) mass is 378 g/mol. The van der Waals surface area contributed by atoms with Gasteiger partial charge >= 0.3 is 10.5 Å². The molecule has 0 heterocycles. The molecule has 0 saturated heterocycles. The molecule has 0 aliphatic heterocycles. The Balaban J connectivity index is 1.65. The zero-order chi connectivity index (χ0) is 18.7.